The molecule has 0 aliphatic carbocycles. The van der Waals surface area contributed by atoms with Crippen LogP contribution in [0.3, 0.4) is 0 Å². The number of hydrogen-bond donors (Lipinski definition) is 2. The number of para-hydroxylation sites is 2. The van der Waals surface area contributed by atoms with Crippen molar-refractivity contribution in [1.82, 2.24) is 4.90 Å². The Bertz CT molecular complexity index is 1170. The summed E-state index contributed by atoms with van der Waals surface area (Å²) in [6.45, 7) is 15.8. The van der Waals surface area contributed by atoms with Crippen LogP contribution < -0.4 is 10.6 Å². The summed E-state index contributed by atoms with van der Waals surface area (Å²) in [5, 5.41) is 6.60. The fraction of sp³-hybridized carbons (Fsp3) is 0.611. The number of anilines is 2. The minimum atomic E-state index is -0.0352. The molecule has 2 aliphatic heterocycles. The van der Waals surface area contributed by atoms with Crippen molar-refractivity contribution >= 4 is 23.2 Å². The van der Waals surface area contributed by atoms with Crippen LogP contribution in [-0.2, 0) is 9.59 Å². The zero-order valence-electron chi connectivity index (χ0n) is 26.9. The van der Waals surface area contributed by atoms with E-state index in [0.717, 1.165) is 129 Å². The molecule has 3 atom stereocenters. The molecule has 2 saturated heterocycles. The van der Waals surface area contributed by atoms with Gasteiger partial charge >= 0.3 is 0 Å². The van der Waals surface area contributed by atoms with E-state index in [1.54, 1.807) is 0 Å². The van der Waals surface area contributed by atoms with E-state index in [-0.39, 0.29) is 23.9 Å². The van der Waals surface area contributed by atoms with E-state index in [1.165, 1.54) is 6.42 Å². The van der Waals surface area contributed by atoms with Crippen molar-refractivity contribution in [2.24, 2.45) is 0 Å². The summed E-state index contributed by atoms with van der Waals surface area (Å²) in [4.78, 5) is 29.5. The number of amides is 2. The van der Waals surface area contributed by atoms with Gasteiger partial charge in [-0.3, -0.25) is 14.5 Å². The molecule has 0 saturated carbocycles. The number of hydrogen-bond acceptors (Lipinski definition) is 3. The first kappa shape index (κ1) is 32.2. The Morgan fingerprint density at radius 2 is 1.36 bits per heavy atom. The normalized spacial score (nSPS) is 22.7. The van der Waals surface area contributed by atoms with Crippen molar-refractivity contribution in [2.45, 2.75) is 111 Å². The van der Waals surface area contributed by atoms with Gasteiger partial charge in [0, 0.05) is 17.8 Å². The topological polar surface area (TPSA) is 61.4 Å². The van der Waals surface area contributed by atoms with Gasteiger partial charge in [-0.25, -0.2) is 0 Å². The fourth-order valence-electron chi connectivity index (χ4n) is 7.44. The molecule has 0 bridgehead atoms. The third-order valence-corrected chi connectivity index (χ3v) is 9.93. The van der Waals surface area contributed by atoms with Crippen LogP contribution in [0.25, 0.3) is 0 Å². The van der Waals surface area contributed by atoms with Crippen LogP contribution in [0.1, 0.15) is 93.4 Å². The predicted molar refractivity (Wildman–Crippen MR) is 175 cm³/mol. The fourth-order valence-corrected chi connectivity index (χ4v) is 7.44. The number of piperidine rings is 1. The predicted octanol–water partition coefficient (Wildman–Crippen LogP) is 7.30. The zero-order chi connectivity index (χ0) is 30.1. The number of unbranched alkanes of at least 4 members (excludes halogenated alkanes) is 3. The highest BCUT2D eigenvalue weighted by Gasteiger charge is 2.43. The van der Waals surface area contributed by atoms with Gasteiger partial charge in [0.1, 0.15) is 0 Å². The molecule has 230 valence electrons. The molecule has 42 heavy (non-hydrogen) atoms. The van der Waals surface area contributed by atoms with Crippen molar-refractivity contribution in [1.29, 1.82) is 0 Å². The van der Waals surface area contributed by atoms with Gasteiger partial charge in [0.15, 0.2) is 6.04 Å². The Morgan fingerprint density at radius 1 is 0.762 bits per heavy atom. The van der Waals surface area contributed by atoms with Gasteiger partial charge in [-0.1, -0.05) is 49.7 Å². The maximum atomic E-state index is 13.8. The highest BCUT2D eigenvalue weighted by atomic mass is 16.2. The van der Waals surface area contributed by atoms with E-state index in [9.17, 15) is 9.59 Å². The number of rotatable bonds is 13. The van der Waals surface area contributed by atoms with E-state index < -0.39 is 0 Å². The number of aryl methyl sites for hydroxylation is 4. The molecule has 0 spiro atoms. The molecule has 2 N–H and O–H groups in total. The summed E-state index contributed by atoms with van der Waals surface area (Å²) >= 11 is 0. The summed E-state index contributed by atoms with van der Waals surface area (Å²) < 4.78 is 0.940. The van der Waals surface area contributed by atoms with Crippen LogP contribution in [0.15, 0.2) is 36.4 Å². The number of benzene rings is 2. The monoisotopic (exact) mass is 575 g/mol. The lowest BCUT2D eigenvalue weighted by Gasteiger charge is -2.47. The second kappa shape index (κ2) is 15.2. The van der Waals surface area contributed by atoms with Crippen molar-refractivity contribution in [2.75, 3.05) is 43.4 Å². The summed E-state index contributed by atoms with van der Waals surface area (Å²) in [5.74, 6) is 0.345. The lowest BCUT2D eigenvalue weighted by molar-refractivity contribution is -0.947. The second-order valence-electron chi connectivity index (χ2n) is 13.0. The molecule has 2 amide bonds. The average molecular weight is 576 g/mol. The van der Waals surface area contributed by atoms with Gasteiger partial charge in [0.25, 0.3) is 5.91 Å². The Labute approximate surface area is 254 Å². The van der Waals surface area contributed by atoms with Crippen molar-refractivity contribution in [3.05, 3.63) is 58.7 Å². The largest absolute Gasteiger partial charge is 0.324 e. The number of quaternary nitrogens is 1. The van der Waals surface area contributed by atoms with Gasteiger partial charge in [-0.2, -0.15) is 0 Å². The molecule has 0 radical (unpaired) electrons. The van der Waals surface area contributed by atoms with Crippen LogP contribution in [0, 0.1) is 27.7 Å². The van der Waals surface area contributed by atoms with E-state index in [2.05, 4.69) is 80.5 Å². The van der Waals surface area contributed by atoms with Crippen LogP contribution in [0.2, 0.25) is 0 Å². The van der Waals surface area contributed by atoms with Gasteiger partial charge in [-0.15, -0.1) is 0 Å². The van der Waals surface area contributed by atoms with Gasteiger partial charge in [0.05, 0.1) is 25.7 Å². The van der Waals surface area contributed by atoms with E-state index in [4.69, 9.17) is 0 Å². The third kappa shape index (κ3) is 7.82. The van der Waals surface area contributed by atoms with Crippen molar-refractivity contribution in [3.63, 3.8) is 0 Å². The van der Waals surface area contributed by atoms with E-state index in [0.29, 0.717) is 0 Å². The lowest BCUT2D eigenvalue weighted by atomic mass is 9.95. The Hall–Kier alpha value is -2.70. The number of nitrogens with zero attached hydrogens (tertiary/aromatic N) is 2. The first-order valence-electron chi connectivity index (χ1n) is 16.6. The highest BCUT2D eigenvalue weighted by Crippen LogP contribution is 2.31. The quantitative estimate of drug-likeness (QED) is 0.195. The average Bonchev–Trinajstić information content (AvgIpc) is 3.45. The van der Waals surface area contributed by atoms with Crippen LogP contribution >= 0.6 is 0 Å². The molecular formula is C36H55N4O2+. The standard InChI is InChI=1S/C36H54N4O2/c1-6-7-24-40(26-12-9-21-32(40)36(42)38-34-29(4)18-14-19-30(34)5)25-11-8-10-22-39-23-15-20-31(39)35(41)37-33-27(2)16-13-17-28(33)3/h13-14,16-19,31-32H,6-12,15,20-26H2,1-5H3,(H-,37,38,41,42)/p+1. The minimum absolute atomic E-state index is 0.0286. The summed E-state index contributed by atoms with van der Waals surface area (Å²) in [6.07, 6.45) is 11.0. The van der Waals surface area contributed by atoms with E-state index in [1.807, 2.05) is 6.07 Å². The summed E-state index contributed by atoms with van der Waals surface area (Å²) in [5.41, 5.74) is 6.46. The number of carbonyl (C=O) groups excluding carboxylic acids is 2. The Kier molecular flexibility index (Phi) is 11.6. The molecule has 6 nitrogen and oxygen atoms in total. The smallest absolute Gasteiger partial charge is 0.282 e. The zero-order valence-corrected chi connectivity index (χ0v) is 26.9. The van der Waals surface area contributed by atoms with Gasteiger partial charge < -0.3 is 15.1 Å². The molecular weight excluding hydrogens is 520 g/mol. The van der Waals surface area contributed by atoms with Crippen LogP contribution in [0.5, 0.6) is 0 Å². The SMILES string of the molecule is CCCC[N+]1(CCCCCN2CCCC2C(=O)Nc2c(C)cccc2C)CCCCC1C(=O)Nc1c(C)cccc1C. The third-order valence-electron chi connectivity index (χ3n) is 9.93. The Morgan fingerprint density at radius 3 is 1.98 bits per heavy atom. The molecule has 4 rings (SSSR count). The van der Waals surface area contributed by atoms with Crippen LogP contribution in [0.4, 0.5) is 11.4 Å². The minimum Gasteiger partial charge on any atom is -0.324 e. The molecule has 2 aliphatic rings. The molecule has 0 aromatic heterocycles. The second-order valence-corrected chi connectivity index (χ2v) is 13.0. The molecule has 6 heteroatoms. The van der Waals surface area contributed by atoms with Gasteiger partial charge in [-0.05, 0) is 114 Å². The molecule has 3 unspecified atom stereocenters. The first-order chi connectivity index (χ1) is 20.3. The maximum Gasteiger partial charge on any atom is 0.282 e. The number of likely N-dealkylation sites (tertiary alicyclic amines) is 2. The lowest BCUT2D eigenvalue weighted by Crippen LogP contribution is -2.63. The van der Waals surface area contributed by atoms with Crippen LogP contribution in [-0.4, -0.2) is 66.0 Å². The molecule has 2 aromatic carbocycles. The van der Waals surface area contributed by atoms with Gasteiger partial charge in [0.2, 0.25) is 5.91 Å². The Balaban J connectivity index is 1.33. The number of carbonyl (C=O) groups is 2. The molecule has 2 aromatic rings. The number of nitrogens with one attached hydrogen (secondary N) is 2. The maximum absolute atomic E-state index is 13.8. The first-order valence-corrected chi connectivity index (χ1v) is 16.6. The summed E-state index contributed by atoms with van der Waals surface area (Å²) in [7, 11) is 0. The molecule has 2 fully saturated rings. The molecule has 2 heterocycles. The van der Waals surface area contributed by atoms with E-state index >= 15 is 0 Å². The highest BCUT2D eigenvalue weighted by molar-refractivity contribution is 5.96. The summed E-state index contributed by atoms with van der Waals surface area (Å²) in [6, 6.07) is 12.4. The van der Waals surface area contributed by atoms with Crippen molar-refractivity contribution < 1.29 is 14.1 Å². The van der Waals surface area contributed by atoms with Crippen molar-refractivity contribution in [3.8, 4) is 0 Å².